The number of carbonyl (C=O) groups is 2. The molecular weight excluding hydrogens is 323 g/mol. The minimum Gasteiger partial charge on any atom is -0.481 e. The minimum absolute atomic E-state index is 0.0344. The Balaban J connectivity index is 2.01. The quantitative estimate of drug-likeness (QED) is 0.716. The summed E-state index contributed by atoms with van der Waals surface area (Å²) in [6, 6.07) is 12.9. The summed E-state index contributed by atoms with van der Waals surface area (Å²) in [5, 5.41) is 14.4. The largest absolute Gasteiger partial charge is 0.481 e. The highest BCUT2D eigenvalue weighted by Crippen LogP contribution is 2.16. The van der Waals surface area contributed by atoms with E-state index in [-0.39, 0.29) is 18.3 Å². The lowest BCUT2D eigenvalue weighted by molar-refractivity contribution is -0.137. The second kappa shape index (κ2) is 8.82. The fourth-order valence-corrected chi connectivity index (χ4v) is 2.53. The maximum Gasteiger partial charge on any atom is 0.319 e. The van der Waals surface area contributed by atoms with Gasteiger partial charge in [-0.15, -0.1) is 0 Å². The Labute approximate surface area is 145 Å². The third-order valence-corrected chi connectivity index (χ3v) is 3.80. The summed E-state index contributed by atoms with van der Waals surface area (Å²) in [7, 11) is 0. The predicted molar refractivity (Wildman–Crippen MR) is 94.1 cm³/mol. The Hall–Kier alpha value is -2.89. The van der Waals surface area contributed by atoms with Gasteiger partial charge < -0.3 is 15.7 Å². The molecule has 0 heterocycles. The molecule has 0 aliphatic rings. The van der Waals surface area contributed by atoms with Crippen LogP contribution in [-0.2, 0) is 11.2 Å². The second-order valence-electron chi connectivity index (χ2n) is 5.88. The molecule has 0 saturated carbocycles. The number of benzene rings is 2. The average Bonchev–Trinajstić information content (AvgIpc) is 2.56. The van der Waals surface area contributed by atoms with Crippen LogP contribution < -0.4 is 10.6 Å². The zero-order valence-corrected chi connectivity index (χ0v) is 14.0. The van der Waals surface area contributed by atoms with E-state index in [1.165, 1.54) is 18.2 Å². The fourth-order valence-electron chi connectivity index (χ4n) is 2.53. The highest BCUT2D eigenvalue weighted by atomic mass is 19.1. The van der Waals surface area contributed by atoms with Crippen LogP contribution in [0.15, 0.2) is 48.5 Å². The normalized spacial score (nSPS) is 11.6. The molecule has 2 amide bonds. The topological polar surface area (TPSA) is 78.4 Å². The maximum atomic E-state index is 13.1. The molecule has 2 aromatic rings. The zero-order chi connectivity index (χ0) is 18.2. The number of nitrogens with one attached hydrogen (secondary N) is 2. The van der Waals surface area contributed by atoms with Gasteiger partial charge in [-0.25, -0.2) is 9.18 Å². The van der Waals surface area contributed by atoms with Crippen LogP contribution in [0.5, 0.6) is 0 Å². The number of hydrogen-bond donors (Lipinski definition) is 3. The van der Waals surface area contributed by atoms with Gasteiger partial charge in [-0.05, 0) is 49.1 Å². The van der Waals surface area contributed by atoms with Gasteiger partial charge in [-0.2, -0.15) is 0 Å². The van der Waals surface area contributed by atoms with Crippen LogP contribution in [0.25, 0.3) is 0 Å². The van der Waals surface area contributed by atoms with Crippen molar-refractivity contribution in [1.29, 1.82) is 0 Å². The van der Waals surface area contributed by atoms with Crippen LogP contribution in [0.1, 0.15) is 24.0 Å². The molecule has 0 saturated heterocycles. The van der Waals surface area contributed by atoms with Gasteiger partial charge in [0.25, 0.3) is 0 Å². The van der Waals surface area contributed by atoms with Crippen molar-refractivity contribution in [2.45, 2.75) is 32.2 Å². The van der Waals surface area contributed by atoms with Crippen molar-refractivity contribution in [2.24, 2.45) is 0 Å². The van der Waals surface area contributed by atoms with Gasteiger partial charge in [0.2, 0.25) is 0 Å². The van der Waals surface area contributed by atoms with E-state index < -0.39 is 12.0 Å². The number of aryl methyl sites for hydroxylation is 1. The molecule has 0 bridgehead atoms. The Morgan fingerprint density at radius 1 is 1.16 bits per heavy atom. The first-order chi connectivity index (χ1) is 11.9. The van der Waals surface area contributed by atoms with Crippen molar-refractivity contribution in [3.8, 4) is 0 Å². The molecular formula is C19H21FN2O3. The summed E-state index contributed by atoms with van der Waals surface area (Å²) in [6.45, 7) is 1.70. The molecule has 0 radical (unpaired) electrons. The number of rotatable bonds is 7. The Morgan fingerprint density at radius 2 is 1.88 bits per heavy atom. The third kappa shape index (κ3) is 6.25. The first kappa shape index (κ1) is 18.4. The number of halogens is 1. The summed E-state index contributed by atoms with van der Waals surface area (Å²) in [6.07, 6.45) is 0.817. The number of urea groups is 1. The zero-order valence-electron chi connectivity index (χ0n) is 14.0. The van der Waals surface area contributed by atoms with E-state index >= 15 is 0 Å². The minimum atomic E-state index is -0.908. The van der Waals surface area contributed by atoms with Crippen LogP contribution >= 0.6 is 0 Å². The molecule has 5 nitrogen and oxygen atoms in total. The number of carboxylic acid groups (broad SMARTS) is 1. The first-order valence-corrected chi connectivity index (χ1v) is 8.03. The number of amides is 2. The van der Waals surface area contributed by atoms with E-state index in [0.29, 0.717) is 24.1 Å². The summed E-state index contributed by atoms with van der Waals surface area (Å²) in [5.41, 5.74) is 2.13. The van der Waals surface area contributed by atoms with Crippen LogP contribution in [0.3, 0.4) is 0 Å². The lowest BCUT2D eigenvalue weighted by Gasteiger charge is -2.19. The molecule has 2 aromatic carbocycles. The van der Waals surface area contributed by atoms with Crippen LogP contribution in [-0.4, -0.2) is 23.1 Å². The van der Waals surface area contributed by atoms with Crippen LogP contribution in [0.2, 0.25) is 0 Å². The number of anilines is 1. The fraction of sp³-hybridized carbons (Fsp3) is 0.263. The van der Waals surface area contributed by atoms with E-state index in [1.54, 1.807) is 6.92 Å². The van der Waals surface area contributed by atoms with E-state index in [4.69, 9.17) is 5.11 Å². The van der Waals surface area contributed by atoms with Crippen molar-refractivity contribution < 1.29 is 19.1 Å². The van der Waals surface area contributed by atoms with Crippen LogP contribution in [0, 0.1) is 12.7 Å². The molecule has 132 valence electrons. The molecule has 0 spiro atoms. The van der Waals surface area contributed by atoms with Gasteiger partial charge in [-0.3, -0.25) is 4.79 Å². The van der Waals surface area contributed by atoms with Crippen molar-refractivity contribution >= 4 is 17.7 Å². The van der Waals surface area contributed by atoms with Crippen molar-refractivity contribution in [1.82, 2.24) is 5.32 Å². The van der Waals surface area contributed by atoms with Crippen molar-refractivity contribution in [3.05, 3.63) is 65.5 Å². The monoisotopic (exact) mass is 344 g/mol. The molecule has 25 heavy (non-hydrogen) atoms. The van der Waals surface area contributed by atoms with Gasteiger partial charge in [-0.1, -0.05) is 30.3 Å². The van der Waals surface area contributed by atoms with E-state index in [9.17, 15) is 14.0 Å². The molecule has 0 fully saturated rings. The van der Waals surface area contributed by atoms with Crippen LogP contribution in [0.4, 0.5) is 14.9 Å². The maximum absolute atomic E-state index is 13.1. The lowest BCUT2D eigenvalue weighted by atomic mass is 10.0. The smallest absolute Gasteiger partial charge is 0.319 e. The molecule has 0 aromatic heterocycles. The molecule has 6 heteroatoms. The number of carbonyl (C=O) groups excluding carboxylic acids is 1. The number of hydrogen-bond acceptors (Lipinski definition) is 2. The summed E-state index contributed by atoms with van der Waals surface area (Å²) < 4.78 is 13.1. The average molecular weight is 344 g/mol. The Bertz CT molecular complexity index is 735. The molecule has 1 atom stereocenters. The molecule has 2 rings (SSSR count). The second-order valence-corrected chi connectivity index (χ2v) is 5.88. The SMILES string of the molecule is Cc1cc(F)ccc1NC(=O)NC(CCC(=O)O)Cc1ccccc1. The molecule has 3 N–H and O–H groups in total. The predicted octanol–water partition coefficient (Wildman–Crippen LogP) is 3.73. The summed E-state index contributed by atoms with van der Waals surface area (Å²) in [5.74, 6) is -1.28. The van der Waals surface area contributed by atoms with Crippen molar-refractivity contribution in [2.75, 3.05) is 5.32 Å². The Kier molecular flexibility index (Phi) is 6.51. The highest BCUT2D eigenvalue weighted by molar-refractivity contribution is 5.90. The van der Waals surface area contributed by atoms with Gasteiger partial charge in [0.15, 0.2) is 0 Å². The summed E-state index contributed by atoms with van der Waals surface area (Å²) in [4.78, 5) is 23.1. The molecule has 0 aliphatic heterocycles. The number of carboxylic acids is 1. The van der Waals surface area contributed by atoms with Gasteiger partial charge in [0.1, 0.15) is 5.82 Å². The third-order valence-electron chi connectivity index (χ3n) is 3.80. The Morgan fingerprint density at radius 3 is 2.52 bits per heavy atom. The van der Waals surface area contributed by atoms with E-state index in [2.05, 4.69) is 10.6 Å². The lowest BCUT2D eigenvalue weighted by Crippen LogP contribution is -2.39. The van der Waals surface area contributed by atoms with E-state index in [0.717, 1.165) is 5.56 Å². The van der Waals surface area contributed by atoms with Gasteiger partial charge in [0.05, 0.1) is 0 Å². The van der Waals surface area contributed by atoms with Crippen molar-refractivity contribution in [3.63, 3.8) is 0 Å². The number of aliphatic carboxylic acids is 1. The first-order valence-electron chi connectivity index (χ1n) is 8.03. The van der Waals surface area contributed by atoms with Gasteiger partial charge >= 0.3 is 12.0 Å². The standard InChI is InChI=1S/C19H21FN2O3/c1-13-11-15(20)7-9-17(13)22-19(25)21-16(8-10-18(23)24)12-14-5-3-2-4-6-14/h2-7,9,11,16H,8,10,12H2,1H3,(H,23,24)(H2,21,22,25). The molecule has 0 aliphatic carbocycles. The van der Waals surface area contributed by atoms with Gasteiger partial charge in [0, 0.05) is 18.2 Å². The van der Waals surface area contributed by atoms with E-state index in [1.807, 2.05) is 30.3 Å². The highest BCUT2D eigenvalue weighted by Gasteiger charge is 2.15. The molecule has 1 unspecified atom stereocenters. The summed E-state index contributed by atoms with van der Waals surface area (Å²) >= 11 is 0.